The summed E-state index contributed by atoms with van der Waals surface area (Å²) in [6.07, 6.45) is 4.64. The number of sulfonamides is 1. The van der Waals surface area contributed by atoms with Gasteiger partial charge in [-0.3, -0.25) is 24.0 Å². The minimum atomic E-state index is -3.91. The second kappa shape index (κ2) is 13.3. The van der Waals surface area contributed by atoms with Crippen molar-refractivity contribution in [2.24, 2.45) is 17.3 Å². The lowest BCUT2D eigenvalue weighted by Gasteiger charge is -2.35. The van der Waals surface area contributed by atoms with E-state index >= 15 is 0 Å². The van der Waals surface area contributed by atoms with Crippen LogP contribution in [0.5, 0.6) is 0 Å². The molecular formula is C38H51N5O9S. The summed E-state index contributed by atoms with van der Waals surface area (Å²) in [7, 11) is -3.91. The van der Waals surface area contributed by atoms with Gasteiger partial charge >= 0.3 is 12.2 Å². The highest BCUT2D eigenvalue weighted by Crippen LogP contribution is 2.50. The lowest BCUT2D eigenvalue weighted by molar-refractivity contribution is -0.143. The van der Waals surface area contributed by atoms with Crippen molar-refractivity contribution >= 4 is 39.9 Å². The minimum absolute atomic E-state index is 0.0762. The third kappa shape index (κ3) is 7.37. The topological polar surface area (TPSA) is 181 Å². The number of nitrogens with zero attached hydrogens (tertiary/aromatic N) is 2. The summed E-state index contributed by atoms with van der Waals surface area (Å²) in [5, 5.41) is 4.89. The number of aryl methyl sites for hydroxylation is 1. The highest BCUT2D eigenvalue weighted by Gasteiger charge is 2.62. The fraction of sp³-hybridized carbons (Fsp3) is 0.658. The molecule has 4 bridgehead atoms. The molecule has 7 rings (SSSR count). The zero-order valence-electron chi connectivity index (χ0n) is 30.9. The van der Waals surface area contributed by atoms with Gasteiger partial charge in [0.2, 0.25) is 21.8 Å². The van der Waals surface area contributed by atoms with E-state index in [1.54, 1.807) is 25.7 Å². The van der Waals surface area contributed by atoms with E-state index in [2.05, 4.69) is 28.0 Å². The van der Waals surface area contributed by atoms with Crippen LogP contribution in [0.1, 0.15) is 95.8 Å². The van der Waals surface area contributed by atoms with Crippen molar-refractivity contribution in [1.29, 1.82) is 0 Å². The van der Waals surface area contributed by atoms with Crippen LogP contribution >= 0.6 is 0 Å². The van der Waals surface area contributed by atoms with Crippen molar-refractivity contribution in [3.05, 3.63) is 47.5 Å². The number of carbonyl (C=O) groups is 5. The first-order valence-corrected chi connectivity index (χ1v) is 20.3. The molecule has 14 nitrogen and oxygen atoms in total. The van der Waals surface area contributed by atoms with E-state index < -0.39 is 85.8 Å². The maximum absolute atomic E-state index is 14.5. The first-order valence-electron chi connectivity index (χ1n) is 18.8. The van der Waals surface area contributed by atoms with E-state index in [0.29, 0.717) is 25.9 Å². The second-order valence-electron chi connectivity index (χ2n) is 17.1. The normalized spacial score (nSPS) is 33.1. The Morgan fingerprint density at radius 3 is 2.47 bits per heavy atom. The molecule has 1 aromatic rings. The van der Waals surface area contributed by atoms with Crippen molar-refractivity contribution in [2.75, 3.05) is 6.54 Å². The predicted octanol–water partition coefficient (Wildman–Crippen LogP) is 3.42. The van der Waals surface area contributed by atoms with Gasteiger partial charge in [0.1, 0.15) is 29.3 Å². The van der Waals surface area contributed by atoms with Gasteiger partial charge in [0, 0.05) is 31.3 Å². The Morgan fingerprint density at radius 2 is 1.79 bits per heavy atom. The first-order chi connectivity index (χ1) is 24.9. The summed E-state index contributed by atoms with van der Waals surface area (Å²) < 4.78 is 39.4. The maximum Gasteiger partial charge on any atom is 0.410 e. The Hall–Kier alpha value is -4.14. The van der Waals surface area contributed by atoms with Crippen LogP contribution in [0.15, 0.2) is 30.9 Å². The van der Waals surface area contributed by atoms with Crippen LogP contribution in [-0.4, -0.2) is 89.2 Å². The maximum atomic E-state index is 14.5. The number of fused-ring (bicyclic) bond motifs is 4. The molecule has 288 valence electrons. The fourth-order valence-electron chi connectivity index (χ4n) is 8.31. The van der Waals surface area contributed by atoms with E-state index in [-0.39, 0.29) is 25.3 Å². The summed E-state index contributed by atoms with van der Waals surface area (Å²) in [4.78, 5) is 72.2. The molecular weight excluding hydrogens is 703 g/mol. The standard InChI is InChI=1S/C38H51N5O9S/c1-6-24-18-38(24,33(46)41-53(49,50)27-14-15-27)40-31(44)29-16-26-20-43(29)32(45)30(36(2,3)4)39-34(47)52-37(5)17-25(37)13-8-7-10-22-11-9-12-23-19-42(21-28(22)23)35(48)51-26/h6,9,11-12,24-27,29-30H,1,7-8,10,13-21H2,2-5H3,(H,39,47)(H,40,44)(H,41,46)/t24-,25-,26-,29+,30-,37-,38-/m1/s1. The quantitative estimate of drug-likeness (QED) is 0.367. The summed E-state index contributed by atoms with van der Waals surface area (Å²) in [6.45, 7) is 11.7. The molecule has 15 heteroatoms. The highest BCUT2D eigenvalue weighted by atomic mass is 32.2. The molecule has 5 amide bonds. The molecule has 53 heavy (non-hydrogen) atoms. The summed E-state index contributed by atoms with van der Waals surface area (Å²) in [6, 6.07) is 3.77. The van der Waals surface area contributed by atoms with Crippen LogP contribution in [0.25, 0.3) is 0 Å². The van der Waals surface area contributed by atoms with Gasteiger partial charge in [-0.25, -0.2) is 18.0 Å². The van der Waals surface area contributed by atoms with Crippen LogP contribution in [0.4, 0.5) is 9.59 Å². The number of hydrogen-bond acceptors (Lipinski definition) is 9. The Morgan fingerprint density at radius 1 is 1.06 bits per heavy atom. The Bertz CT molecular complexity index is 1840. The van der Waals surface area contributed by atoms with Gasteiger partial charge in [-0.05, 0) is 74.0 Å². The van der Waals surface area contributed by atoms with E-state index in [1.807, 2.05) is 19.1 Å². The molecule has 1 saturated heterocycles. The minimum Gasteiger partial charge on any atom is -0.444 e. The molecule has 0 radical (unpaired) electrons. The van der Waals surface area contributed by atoms with Crippen molar-refractivity contribution in [3.8, 4) is 0 Å². The molecule has 6 aliphatic rings. The number of rotatable bonds is 6. The van der Waals surface area contributed by atoms with Gasteiger partial charge in [-0.15, -0.1) is 6.58 Å². The molecule has 3 aliphatic heterocycles. The van der Waals surface area contributed by atoms with E-state index in [0.717, 1.165) is 43.2 Å². The third-order valence-electron chi connectivity index (χ3n) is 12.0. The second-order valence-corrected chi connectivity index (χ2v) is 19.1. The molecule has 0 aromatic heterocycles. The molecule has 0 spiro atoms. The van der Waals surface area contributed by atoms with Crippen LogP contribution in [0.3, 0.4) is 0 Å². The van der Waals surface area contributed by atoms with Gasteiger partial charge in [0.05, 0.1) is 11.8 Å². The third-order valence-corrected chi connectivity index (χ3v) is 13.8. The molecule has 3 saturated carbocycles. The molecule has 3 aliphatic carbocycles. The van der Waals surface area contributed by atoms with Crippen molar-refractivity contribution in [2.45, 2.75) is 133 Å². The lowest BCUT2D eigenvalue weighted by atomic mass is 9.85. The predicted molar refractivity (Wildman–Crippen MR) is 192 cm³/mol. The number of nitrogens with one attached hydrogen (secondary N) is 3. The van der Waals surface area contributed by atoms with Gasteiger partial charge in [-0.1, -0.05) is 51.5 Å². The van der Waals surface area contributed by atoms with E-state index in [9.17, 15) is 32.4 Å². The van der Waals surface area contributed by atoms with E-state index in [1.165, 1.54) is 16.5 Å². The van der Waals surface area contributed by atoms with Crippen molar-refractivity contribution < 1.29 is 41.9 Å². The fourth-order valence-corrected chi connectivity index (χ4v) is 9.67. The van der Waals surface area contributed by atoms with Crippen LogP contribution in [-0.2, 0) is 53.4 Å². The smallest absolute Gasteiger partial charge is 0.410 e. The molecule has 7 atom stereocenters. The SMILES string of the molecule is C=C[C@@H]1C[C@]1(NC(=O)[C@@H]1C[C@@H]2CN1C(=O)[C@H](C(C)(C)C)NC(=O)O[C@]1(C)C[C@H]1CCCCc1cccc3c1CN(C3)C(=O)O2)C(=O)NS(=O)(=O)C1CC1. The molecule has 3 N–H and O–H groups in total. The van der Waals surface area contributed by atoms with Crippen molar-refractivity contribution in [1.82, 2.24) is 25.2 Å². The van der Waals surface area contributed by atoms with Gasteiger partial charge in [0.15, 0.2) is 0 Å². The highest BCUT2D eigenvalue weighted by molar-refractivity contribution is 7.91. The van der Waals surface area contributed by atoms with Crippen LogP contribution in [0.2, 0.25) is 0 Å². The van der Waals surface area contributed by atoms with Crippen LogP contribution < -0.4 is 15.4 Å². The van der Waals surface area contributed by atoms with Gasteiger partial charge in [0.25, 0.3) is 5.91 Å². The Labute approximate surface area is 310 Å². The molecule has 1 aromatic carbocycles. The Balaban J connectivity index is 1.16. The molecule has 3 heterocycles. The monoisotopic (exact) mass is 753 g/mol. The summed E-state index contributed by atoms with van der Waals surface area (Å²) in [5.74, 6) is -2.48. The largest absolute Gasteiger partial charge is 0.444 e. The number of carbonyl (C=O) groups excluding carboxylic acids is 5. The van der Waals surface area contributed by atoms with E-state index in [4.69, 9.17) is 9.47 Å². The summed E-state index contributed by atoms with van der Waals surface area (Å²) >= 11 is 0. The van der Waals surface area contributed by atoms with Gasteiger partial charge < -0.3 is 25.0 Å². The van der Waals surface area contributed by atoms with Crippen molar-refractivity contribution in [3.63, 3.8) is 0 Å². The average molecular weight is 754 g/mol. The number of benzene rings is 1. The number of ether oxygens (including phenoxy) is 2. The zero-order chi connectivity index (χ0) is 38.1. The van der Waals surface area contributed by atoms with Crippen LogP contribution in [0, 0.1) is 17.3 Å². The Kier molecular flexibility index (Phi) is 9.34. The zero-order valence-corrected chi connectivity index (χ0v) is 31.8. The average Bonchev–Trinajstić information content (AvgIpc) is 4.04. The lowest BCUT2D eigenvalue weighted by Crippen LogP contribution is -2.60. The van der Waals surface area contributed by atoms with Gasteiger partial charge in [-0.2, -0.15) is 0 Å². The number of amides is 5. The first kappa shape index (κ1) is 37.2. The number of alkyl carbamates (subject to hydrolysis) is 1. The molecule has 4 fully saturated rings. The number of hydrogen-bond donors (Lipinski definition) is 3. The molecule has 0 unspecified atom stereocenters. The summed E-state index contributed by atoms with van der Waals surface area (Å²) in [5.41, 5.74) is 0.305.